The van der Waals surface area contributed by atoms with Crippen molar-refractivity contribution in [3.05, 3.63) is 58.9 Å². The van der Waals surface area contributed by atoms with E-state index in [9.17, 15) is 4.79 Å². The lowest BCUT2D eigenvalue weighted by Crippen LogP contribution is -2.32. The van der Waals surface area contributed by atoms with Gasteiger partial charge in [0.25, 0.3) is 0 Å². The summed E-state index contributed by atoms with van der Waals surface area (Å²) in [5.41, 5.74) is 1.61. The molecule has 9 heteroatoms. The van der Waals surface area contributed by atoms with Crippen LogP contribution < -0.4 is 16.0 Å². The number of nitrogens with zero attached hydrogens (tertiary/aromatic N) is 4. The van der Waals surface area contributed by atoms with Gasteiger partial charge in [-0.1, -0.05) is 17.7 Å². The maximum atomic E-state index is 12.0. The summed E-state index contributed by atoms with van der Waals surface area (Å²) in [6.07, 6.45) is 3.58. The number of hydrogen-bond acceptors (Lipinski definition) is 5. The van der Waals surface area contributed by atoms with Crippen LogP contribution in [0.25, 0.3) is 5.82 Å². The minimum absolute atomic E-state index is 0.296. The number of carbonyl (C=O) groups excluding carboxylic acids is 1. The second-order valence-corrected chi connectivity index (χ2v) is 6.68. The first-order chi connectivity index (χ1) is 13.4. The third-order valence-electron chi connectivity index (χ3n) is 4.04. The molecule has 0 radical (unpaired) electrons. The Morgan fingerprint density at radius 1 is 1.14 bits per heavy atom. The van der Waals surface area contributed by atoms with E-state index in [0.29, 0.717) is 35.4 Å². The molecule has 0 saturated heterocycles. The van der Waals surface area contributed by atoms with Gasteiger partial charge in [0.05, 0.1) is 0 Å². The fourth-order valence-electron chi connectivity index (χ4n) is 2.60. The van der Waals surface area contributed by atoms with Crippen molar-refractivity contribution in [1.82, 2.24) is 24.8 Å². The Hall–Kier alpha value is -3.13. The summed E-state index contributed by atoms with van der Waals surface area (Å²) in [5.74, 6) is 2.92. The van der Waals surface area contributed by atoms with Crippen LogP contribution in [0.1, 0.15) is 17.2 Å². The van der Waals surface area contributed by atoms with Gasteiger partial charge in [0.15, 0.2) is 0 Å². The molecule has 0 atom stereocenters. The normalized spacial score (nSPS) is 10.6. The Kier molecular flexibility index (Phi) is 6.10. The van der Waals surface area contributed by atoms with Crippen LogP contribution in [0.3, 0.4) is 0 Å². The van der Waals surface area contributed by atoms with Gasteiger partial charge in [-0.05, 0) is 38.5 Å². The SMILES string of the molecule is Cc1nc(NCCNC(=O)Nc2ccc(C)c(Cl)c2)cc(-n2ccnc2C)n1. The smallest absolute Gasteiger partial charge is 0.319 e. The van der Waals surface area contributed by atoms with Crippen molar-refractivity contribution in [3.8, 4) is 5.82 Å². The van der Waals surface area contributed by atoms with Crippen LogP contribution in [0.4, 0.5) is 16.3 Å². The van der Waals surface area contributed by atoms with Gasteiger partial charge >= 0.3 is 6.03 Å². The van der Waals surface area contributed by atoms with Crippen molar-refractivity contribution in [1.29, 1.82) is 0 Å². The lowest BCUT2D eigenvalue weighted by atomic mass is 10.2. The molecule has 2 aromatic heterocycles. The summed E-state index contributed by atoms with van der Waals surface area (Å²) < 4.78 is 1.89. The van der Waals surface area contributed by atoms with E-state index in [1.165, 1.54) is 0 Å². The Morgan fingerprint density at radius 3 is 2.68 bits per heavy atom. The van der Waals surface area contributed by atoms with Gasteiger partial charge in [0.2, 0.25) is 0 Å². The van der Waals surface area contributed by atoms with Gasteiger partial charge in [0.1, 0.15) is 23.3 Å². The van der Waals surface area contributed by atoms with E-state index in [4.69, 9.17) is 11.6 Å². The number of rotatable bonds is 6. The molecule has 3 rings (SSSR count). The Balaban J connectivity index is 1.51. The number of aryl methyl sites for hydroxylation is 3. The molecule has 0 aliphatic rings. The number of urea groups is 1. The van der Waals surface area contributed by atoms with E-state index in [2.05, 4.69) is 30.9 Å². The Morgan fingerprint density at radius 2 is 1.96 bits per heavy atom. The topological polar surface area (TPSA) is 96.8 Å². The highest BCUT2D eigenvalue weighted by atomic mass is 35.5. The average molecular weight is 400 g/mol. The van der Waals surface area contributed by atoms with E-state index < -0.39 is 0 Å². The van der Waals surface area contributed by atoms with E-state index in [0.717, 1.165) is 17.2 Å². The maximum Gasteiger partial charge on any atom is 0.319 e. The number of hydrogen-bond donors (Lipinski definition) is 3. The molecule has 0 saturated carbocycles. The zero-order chi connectivity index (χ0) is 20.1. The van der Waals surface area contributed by atoms with Crippen molar-refractivity contribution in [3.63, 3.8) is 0 Å². The van der Waals surface area contributed by atoms with E-state index in [1.807, 2.05) is 49.7 Å². The Labute approximate surface area is 168 Å². The first-order valence-electron chi connectivity index (χ1n) is 8.83. The third-order valence-corrected chi connectivity index (χ3v) is 4.45. The van der Waals surface area contributed by atoms with Gasteiger partial charge in [-0.3, -0.25) is 4.57 Å². The molecule has 0 spiro atoms. The molecule has 0 bridgehead atoms. The van der Waals surface area contributed by atoms with Gasteiger partial charge in [0, 0.05) is 42.3 Å². The number of imidazole rings is 1. The molecule has 8 nitrogen and oxygen atoms in total. The minimum Gasteiger partial charge on any atom is -0.368 e. The van der Waals surface area contributed by atoms with Crippen molar-refractivity contribution in [2.45, 2.75) is 20.8 Å². The number of amides is 2. The number of benzene rings is 1. The number of carbonyl (C=O) groups is 1. The molecule has 0 aliphatic carbocycles. The predicted molar refractivity (Wildman–Crippen MR) is 110 cm³/mol. The van der Waals surface area contributed by atoms with Crippen molar-refractivity contribution in [2.24, 2.45) is 0 Å². The standard InChI is InChI=1S/C19H22ClN7O/c1-12-4-5-15(10-16(12)20)26-19(28)23-7-6-22-17-11-18(25-13(2)24-17)27-9-8-21-14(27)3/h4-5,8-11H,6-7H2,1-3H3,(H,22,24,25)(H2,23,26,28). The number of nitrogens with one attached hydrogen (secondary N) is 3. The van der Waals surface area contributed by atoms with E-state index in [1.54, 1.807) is 12.3 Å². The van der Waals surface area contributed by atoms with Crippen LogP contribution in [-0.4, -0.2) is 38.6 Å². The number of anilines is 2. The Bertz CT molecular complexity index is 986. The monoisotopic (exact) mass is 399 g/mol. The van der Waals surface area contributed by atoms with E-state index in [-0.39, 0.29) is 6.03 Å². The minimum atomic E-state index is -0.296. The fourth-order valence-corrected chi connectivity index (χ4v) is 2.78. The van der Waals surface area contributed by atoms with Crippen molar-refractivity contribution < 1.29 is 4.79 Å². The molecule has 28 heavy (non-hydrogen) atoms. The summed E-state index contributed by atoms with van der Waals surface area (Å²) in [4.78, 5) is 25.0. The second-order valence-electron chi connectivity index (χ2n) is 6.27. The van der Waals surface area contributed by atoms with E-state index >= 15 is 0 Å². The van der Waals surface area contributed by atoms with Crippen molar-refractivity contribution in [2.75, 3.05) is 23.7 Å². The predicted octanol–water partition coefficient (Wildman–Crippen LogP) is 3.47. The molecule has 0 unspecified atom stereocenters. The van der Waals surface area contributed by atoms with Crippen LogP contribution in [0.2, 0.25) is 5.02 Å². The quantitative estimate of drug-likeness (QED) is 0.551. The first-order valence-corrected chi connectivity index (χ1v) is 9.21. The molecule has 3 N–H and O–H groups in total. The number of halogens is 1. The van der Waals surface area contributed by atoms with Crippen LogP contribution in [0.5, 0.6) is 0 Å². The molecular weight excluding hydrogens is 378 g/mol. The molecule has 0 fully saturated rings. The van der Waals surface area contributed by atoms with Gasteiger partial charge in [-0.2, -0.15) is 0 Å². The highest BCUT2D eigenvalue weighted by molar-refractivity contribution is 6.31. The maximum absolute atomic E-state index is 12.0. The highest BCUT2D eigenvalue weighted by Gasteiger charge is 2.07. The molecule has 3 aromatic rings. The number of aromatic nitrogens is 4. The molecule has 0 aliphatic heterocycles. The van der Waals surface area contributed by atoms with Gasteiger partial charge in [-0.25, -0.2) is 19.7 Å². The van der Waals surface area contributed by atoms with Crippen molar-refractivity contribution >= 4 is 29.1 Å². The summed E-state index contributed by atoms with van der Waals surface area (Å²) in [7, 11) is 0. The third kappa shape index (κ3) is 4.98. The van der Waals surface area contributed by atoms with Gasteiger partial charge in [-0.15, -0.1) is 0 Å². The summed E-state index contributed by atoms with van der Waals surface area (Å²) >= 11 is 6.06. The molecule has 2 heterocycles. The van der Waals surface area contributed by atoms with Crippen LogP contribution in [-0.2, 0) is 0 Å². The summed E-state index contributed by atoms with van der Waals surface area (Å²) in [6.45, 7) is 6.59. The van der Waals surface area contributed by atoms with Crippen LogP contribution in [0, 0.1) is 20.8 Å². The lowest BCUT2D eigenvalue weighted by molar-refractivity contribution is 0.252. The summed E-state index contributed by atoms with van der Waals surface area (Å²) in [5, 5.41) is 9.35. The molecule has 146 valence electrons. The summed E-state index contributed by atoms with van der Waals surface area (Å²) in [6, 6.07) is 6.93. The van der Waals surface area contributed by atoms with Crippen LogP contribution in [0.15, 0.2) is 36.7 Å². The zero-order valence-corrected chi connectivity index (χ0v) is 16.7. The molecule has 2 amide bonds. The second kappa shape index (κ2) is 8.71. The molecule has 1 aromatic carbocycles. The fraction of sp³-hybridized carbons (Fsp3) is 0.263. The zero-order valence-electron chi connectivity index (χ0n) is 16.0. The van der Waals surface area contributed by atoms with Crippen LogP contribution >= 0.6 is 11.6 Å². The first kappa shape index (κ1) is 19.6. The van der Waals surface area contributed by atoms with Gasteiger partial charge < -0.3 is 16.0 Å². The highest BCUT2D eigenvalue weighted by Crippen LogP contribution is 2.19. The average Bonchev–Trinajstić information content (AvgIpc) is 3.07. The lowest BCUT2D eigenvalue weighted by Gasteiger charge is -2.11. The molecular formula is C19H22ClN7O. The largest absolute Gasteiger partial charge is 0.368 e.